The molecule has 0 saturated carbocycles. The molecule has 0 unspecified atom stereocenters. The van der Waals surface area contributed by atoms with E-state index in [1.54, 1.807) is 0 Å². The molecule has 1 aliphatic heterocycles. The summed E-state index contributed by atoms with van der Waals surface area (Å²) in [4.78, 5) is 16.5. The zero-order chi connectivity index (χ0) is 13.1. The first kappa shape index (κ1) is 11.7. The molecule has 0 spiro atoms. The van der Waals surface area contributed by atoms with E-state index < -0.39 is 0 Å². The third-order valence-electron chi connectivity index (χ3n) is 3.12. The number of benzene rings is 2. The average molecular weight is 251 g/mol. The minimum atomic E-state index is -0.298. The van der Waals surface area contributed by atoms with Gasteiger partial charge in [-0.25, -0.2) is 4.99 Å². The number of carbonyl (C=O) groups is 1. The van der Waals surface area contributed by atoms with Gasteiger partial charge in [-0.15, -0.1) is 0 Å². The van der Waals surface area contributed by atoms with Crippen LogP contribution in [0.25, 0.3) is 0 Å². The lowest BCUT2D eigenvalue weighted by Gasteiger charge is -2.20. The van der Waals surface area contributed by atoms with Crippen LogP contribution in [0.15, 0.2) is 65.7 Å². The van der Waals surface area contributed by atoms with E-state index in [1.165, 1.54) is 0 Å². The van der Waals surface area contributed by atoms with Crippen molar-refractivity contribution in [2.45, 2.75) is 5.92 Å². The quantitative estimate of drug-likeness (QED) is 0.770. The minimum absolute atomic E-state index is 0.236. The van der Waals surface area contributed by atoms with Gasteiger partial charge in [0.05, 0.1) is 6.54 Å². The summed E-state index contributed by atoms with van der Waals surface area (Å²) in [5.74, 6) is -0.119. The second-order valence-corrected chi connectivity index (χ2v) is 4.40. The molecule has 0 bridgehead atoms. The van der Waals surface area contributed by atoms with Crippen LogP contribution < -0.4 is 0 Å². The summed E-state index contributed by atoms with van der Waals surface area (Å²) in [6.07, 6.45) is 0. The summed E-state index contributed by atoms with van der Waals surface area (Å²) < 4.78 is 5.35. The van der Waals surface area contributed by atoms with E-state index >= 15 is 0 Å². The van der Waals surface area contributed by atoms with Crippen LogP contribution >= 0.6 is 0 Å². The number of cyclic esters (lactones) is 1. The van der Waals surface area contributed by atoms with Gasteiger partial charge in [-0.2, -0.15) is 0 Å². The molecule has 1 heterocycles. The first-order chi connectivity index (χ1) is 9.34. The monoisotopic (exact) mass is 251 g/mol. The highest BCUT2D eigenvalue weighted by atomic mass is 16.5. The van der Waals surface area contributed by atoms with Crippen LogP contribution in [-0.2, 0) is 9.53 Å². The summed E-state index contributed by atoms with van der Waals surface area (Å²) in [6.45, 7) is 0.438. The van der Waals surface area contributed by atoms with E-state index in [9.17, 15) is 4.79 Å². The highest BCUT2D eigenvalue weighted by molar-refractivity contribution is 6.03. The Kier molecular flexibility index (Phi) is 3.11. The zero-order valence-corrected chi connectivity index (χ0v) is 10.3. The molecule has 2 aromatic rings. The van der Waals surface area contributed by atoms with Crippen molar-refractivity contribution in [3.8, 4) is 0 Å². The molecule has 1 atom stereocenters. The Morgan fingerprint density at radius 3 is 2.21 bits per heavy atom. The number of hydrogen-bond donors (Lipinski definition) is 0. The Labute approximate surface area is 111 Å². The van der Waals surface area contributed by atoms with Crippen LogP contribution in [0.4, 0.5) is 0 Å². The van der Waals surface area contributed by atoms with Crippen molar-refractivity contribution in [3.05, 3.63) is 71.8 Å². The average Bonchev–Trinajstić information content (AvgIpc) is 2.49. The highest BCUT2D eigenvalue weighted by Crippen LogP contribution is 2.22. The fraction of sp³-hybridized carbons (Fsp3) is 0.125. The van der Waals surface area contributed by atoms with Crippen molar-refractivity contribution in [3.63, 3.8) is 0 Å². The van der Waals surface area contributed by atoms with Crippen molar-refractivity contribution < 1.29 is 9.53 Å². The SMILES string of the molecule is O=C1OC(c2ccccc2)=NC[C@@H]1c1ccccc1. The molecule has 0 radical (unpaired) electrons. The number of nitrogens with zero attached hydrogens (tertiary/aromatic N) is 1. The van der Waals surface area contributed by atoms with E-state index in [0.717, 1.165) is 11.1 Å². The lowest BCUT2D eigenvalue weighted by Crippen LogP contribution is -2.28. The van der Waals surface area contributed by atoms with Crippen LogP contribution in [-0.4, -0.2) is 18.4 Å². The van der Waals surface area contributed by atoms with E-state index in [-0.39, 0.29) is 11.9 Å². The lowest BCUT2D eigenvalue weighted by molar-refractivity contribution is -0.137. The van der Waals surface area contributed by atoms with Crippen LogP contribution in [0.1, 0.15) is 17.0 Å². The van der Waals surface area contributed by atoms with Crippen molar-refractivity contribution in [2.75, 3.05) is 6.54 Å². The number of aliphatic imine (C=N–C) groups is 1. The van der Waals surface area contributed by atoms with Gasteiger partial charge >= 0.3 is 5.97 Å². The normalized spacial score (nSPS) is 18.6. The van der Waals surface area contributed by atoms with Gasteiger partial charge in [0.2, 0.25) is 5.90 Å². The van der Waals surface area contributed by atoms with E-state index in [1.807, 2.05) is 60.7 Å². The summed E-state index contributed by atoms with van der Waals surface area (Å²) >= 11 is 0. The first-order valence-corrected chi connectivity index (χ1v) is 6.21. The Hall–Kier alpha value is -2.42. The lowest BCUT2D eigenvalue weighted by atomic mass is 9.98. The molecule has 0 saturated heterocycles. The molecule has 2 aromatic carbocycles. The van der Waals surface area contributed by atoms with Crippen molar-refractivity contribution in [1.29, 1.82) is 0 Å². The van der Waals surface area contributed by atoms with Gasteiger partial charge in [0.1, 0.15) is 5.92 Å². The third-order valence-corrected chi connectivity index (χ3v) is 3.12. The number of carbonyl (C=O) groups excluding carboxylic acids is 1. The van der Waals surface area contributed by atoms with Gasteiger partial charge in [-0.05, 0) is 17.7 Å². The maximum absolute atomic E-state index is 12.1. The molecule has 0 aromatic heterocycles. The summed E-state index contributed by atoms with van der Waals surface area (Å²) in [5, 5.41) is 0. The molecule has 3 rings (SSSR count). The topological polar surface area (TPSA) is 38.7 Å². The maximum Gasteiger partial charge on any atom is 0.322 e. The first-order valence-electron chi connectivity index (χ1n) is 6.21. The summed E-state index contributed by atoms with van der Waals surface area (Å²) in [7, 11) is 0. The Bertz CT molecular complexity index is 605. The molecule has 0 N–H and O–H groups in total. The number of ether oxygens (including phenoxy) is 1. The summed E-state index contributed by atoms with van der Waals surface area (Å²) in [5.41, 5.74) is 1.78. The molecule has 0 amide bonds. The fourth-order valence-electron chi connectivity index (χ4n) is 2.11. The van der Waals surface area contributed by atoms with Crippen LogP contribution in [0.2, 0.25) is 0 Å². The van der Waals surface area contributed by atoms with E-state index in [0.29, 0.717) is 12.4 Å². The molecule has 0 aliphatic carbocycles. The number of rotatable bonds is 2. The van der Waals surface area contributed by atoms with Gasteiger partial charge in [-0.3, -0.25) is 4.79 Å². The molecule has 19 heavy (non-hydrogen) atoms. The second kappa shape index (κ2) is 5.06. The standard InChI is InChI=1S/C16H13NO2/c18-16-14(12-7-3-1-4-8-12)11-17-15(19-16)13-9-5-2-6-10-13/h1-10,14H,11H2/t14-/m1/s1. The molecule has 0 fully saturated rings. The molecular weight excluding hydrogens is 238 g/mol. The molecule has 3 heteroatoms. The largest absolute Gasteiger partial charge is 0.407 e. The second-order valence-electron chi connectivity index (χ2n) is 4.40. The minimum Gasteiger partial charge on any atom is -0.407 e. The van der Waals surface area contributed by atoms with Gasteiger partial charge < -0.3 is 4.74 Å². The molecular formula is C16H13NO2. The van der Waals surface area contributed by atoms with Gasteiger partial charge in [-0.1, -0.05) is 48.5 Å². The van der Waals surface area contributed by atoms with Gasteiger partial charge in [0.15, 0.2) is 0 Å². The number of esters is 1. The fourth-order valence-corrected chi connectivity index (χ4v) is 2.11. The predicted molar refractivity (Wildman–Crippen MR) is 73.1 cm³/mol. The Balaban J connectivity index is 1.85. The van der Waals surface area contributed by atoms with Crippen molar-refractivity contribution >= 4 is 11.9 Å². The van der Waals surface area contributed by atoms with E-state index in [2.05, 4.69) is 4.99 Å². The summed E-state index contributed by atoms with van der Waals surface area (Å²) in [6, 6.07) is 19.1. The Morgan fingerprint density at radius 2 is 1.58 bits per heavy atom. The highest BCUT2D eigenvalue weighted by Gasteiger charge is 2.28. The van der Waals surface area contributed by atoms with Gasteiger partial charge in [0, 0.05) is 5.56 Å². The van der Waals surface area contributed by atoms with Crippen molar-refractivity contribution in [1.82, 2.24) is 0 Å². The third kappa shape index (κ3) is 2.40. The molecule has 94 valence electrons. The Morgan fingerprint density at radius 1 is 0.947 bits per heavy atom. The smallest absolute Gasteiger partial charge is 0.322 e. The number of hydrogen-bond acceptors (Lipinski definition) is 3. The predicted octanol–water partition coefficient (Wildman–Crippen LogP) is 2.77. The van der Waals surface area contributed by atoms with Crippen LogP contribution in [0.5, 0.6) is 0 Å². The molecule has 1 aliphatic rings. The zero-order valence-electron chi connectivity index (χ0n) is 10.3. The van der Waals surface area contributed by atoms with Crippen molar-refractivity contribution in [2.24, 2.45) is 4.99 Å². The van der Waals surface area contributed by atoms with Gasteiger partial charge in [0.25, 0.3) is 0 Å². The molecule has 3 nitrogen and oxygen atoms in total. The van der Waals surface area contributed by atoms with Crippen LogP contribution in [0, 0.1) is 0 Å². The maximum atomic E-state index is 12.1. The van der Waals surface area contributed by atoms with Crippen LogP contribution in [0.3, 0.4) is 0 Å². The van der Waals surface area contributed by atoms with E-state index in [4.69, 9.17) is 4.74 Å².